The highest BCUT2D eigenvalue weighted by molar-refractivity contribution is 7.91. The molecule has 0 aromatic heterocycles. The number of methoxy groups -OCH3 is 1. The van der Waals surface area contributed by atoms with Crippen molar-refractivity contribution in [3.63, 3.8) is 0 Å². The van der Waals surface area contributed by atoms with Crippen LogP contribution in [0.1, 0.15) is 5.56 Å². The molecule has 21 heavy (non-hydrogen) atoms. The molecule has 7 heteroatoms. The molecule has 0 saturated heterocycles. The quantitative estimate of drug-likeness (QED) is 0.704. The summed E-state index contributed by atoms with van der Waals surface area (Å²) in [6.07, 6.45) is 0. The Morgan fingerprint density at radius 2 is 1.90 bits per heavy atom. The molecule has 1 rings (SSSR count). The largest absolute Gasteiger partial charge is 0.395 e. The second-order valence-electron chi connectivity index (χ2n) is 4.51. The monoisotopic (exact) mass is 312 g/mol. The minimum atomic E-state index is -3.40. The molecule has 0 aliphatic carbocycles. The van der Waals surface area contributed by atoms with Crippen LogP contribution in [0.3, 0.4) is 0 Å². The van der Waals surface area contributed by atoms with Crippen LogP contribution >= 0.6 is 0 Å². The summed E-state index contributed by atoms with van der Waals surface area (Å²) in [5, 5.41) is 17.7. The maximum atomic E-state index is 12.2. The van der Waals surface area contributed by atoms with E-state index >= 15 is 0 Å². The van der Waals surface area contributed by atoms with Gasteiger partial charge in [0.25, 0.3) is 0 Å². The normalized spacial score (nSPS) is 11.5. The first-order valence-electron chi connectivity index (χ1n) is 6.58. The average Bonchev–Trinajstić information content (AvgIpc) is 2.50. The fraction of sp³-hybridized carbons (Fsp3) is 0.500. The lowest BCUT2D eigenvalue weighted by Gasteiger charge is -2.20. The van der Waals surface area contributed by atoms with Crippen molar-refractivity contribution in [3.05, 3.63) is 29.8 Å². The van der Waals surface area contributed by atoms with E-state index in [4.69, 9.17) is 15.1 Å². The summed E-state index contributed by atoms with van der Waals surface area (Å²) in [4.78, 5) is 2.04. The number of hydrogen-bond donors (Lipinski definition) is 1. The molecule has 0 radical (unpaired) electrons. The van der Waals surface area contributed by atoms with Gasteiger partial charge in [0, 0.05) is 26.7 Å². The second-order valence-corrected chi connectivity index (χ2v) is 6.62. The molecule has 0 bridgehead atoms. The number of aliphatic hydroxyl groups is 1. The SMILES string of the molecule is COCCN(CCO)CCS(=O)(=O)c1ccc(C#N)cc1. The number of hydrogen-bond acceptors (Lipinski definition) is 6. The third kappa shape index (κ3) is 5.81. The van der Waals surface area contributed by atoms with Gasteiger partial charge in [-0.3, -0.25) is 4.90 Å². The van der Waals surface area contributed by atoms with Gasteiger partial charge in [-0.1, -0.05) is 0 Å². The molecule has 1 aromatic carbocycles. The van der Waals surface area contributed by atoms with Crippen molar-refractivity contribution in [2.45, 2.75) is 4.90 Å². The summed E-state index contributed by atoms with van der Waals surface area (Å²) in [6, 6.07) is 7.82. The Morgan fingerprint density at radius 1 is 1.24 bits per heavy atom. The molecule has 116 valence electrons. The fourth-order valence-electron chi connectivity index (χ4n) is 1.80. The van der Waals surface area contributed by atoms with Crippen LogP contribution in [0.2, 0.25) is 0 Å². The van der Waals surface area contributed by atoms with E-state index in [9.17, 15) is 8.42 Å². The highest BCUT2D eigenvalue weighted by Gasteiger charge is 2.16. The predicted molar refractivity (Wildman–Crippen MR) is 78.6 cm³/mol. The number of nitrogens with zero attached hydrogens (tertiary/aromatic N) is 2. The van der Waals surface area contributed by atoms with Gasteiger partial charge in [0.15, 0.2) is 9.84 Å². The van der Waals surface area contributed by atoms with Crippen LogP contribution in [0.4, 0.5) is 0 Å². The lowest BCUT2D eigenvalue weighted by molar-refractivity contribution is 0.135. The third-order valence-electron chi connectivity index (χ3n) is 3.05. The fourth-order valence-corrected chi connectivity index (χ4v) is 3.09. The van der Waals surface area contributed by atoms with Gasteiger partial charge in [-0.05, 0) is 24.3 Å². The van der Waals surface area contributed by atoms with Gasteiger partial charge in [-0.15, -0.1) is 0 Å². The van der Waals surface area contributed by atoms with Gasteiger partial charge in [-0.25, -0.2) is 8.42 Å². The van der Waals surface area contributed by atoms with E-state index < -0.39 is 9.84 Å². The molecule has 6 nitrogen and oxygen atoms in total. The number of rotatable bonds is 9. The summed E-state index contributed by atoms with van der Waals surface area (Å²) in [7, 11) is -1.82. The summed E-state index contributed by atoms with van der Waals surface area (Å²) < 4.78 is 29.4. The zero-order valence-electron chi connectivity index (χ0n) is 12.0. The Morgan fingerprint density at radius 3 is 2.43 bits per heavy atom. The van der Waals surface area contributed by atoms with Gasteiger partial charge in [0.1, 0.15) is 0 Å². The number of sulfone groups is 1. The molecular weight excluding hydrogens is 292 g/mol. The lowest BCUT2D eigenvalue weighted by atomic mass is 10.2. The first-order chi connectivity index (χ1) is 10.0. The molecule has 0 heterocycles. The van der Waals surface area contributed by atoms with Gasteiger partial charge >= 0.3 is 0 Å². The van der Waals surface area contributed by atoms with E-state index in [0.717, 1.165) is 0 Å². The van der Waals surface area contributed by atoms with E-state index in [1.165, 1.54) is 24.3 Å². The first-order valence-corrected chi connectivity index (χ1v) is 8.24. The molecule has 0 saturated carbocycles. The number of aliphatic hydroxyl groups excluding tert-OH is 1. The average molecular weight is 312 g/mol. The second kappa shape index (κ2) is 8.74. The summed E-state index contributed by atoms with van der Waals surface area (Å²) in [6.45, 7) is 1.76. The Bertz CT molecular complexity index is 564. The molecule has 0 aliphatic heterocycles. The first kappa shape index (κ1) is 17.6. The molecule has 0 unspecified atom stereocenters. The number of nitriles is 1. The third-order valence-corrected chi connectivity index (χ3v) is 4.76. The highest BCUT2D eigenvalue weighted by Crippen LogP contribution is 2.12. The maximum absolute atomic E-state index is 12.2. The number of benzene rings is 1. The molecular formula is C14H20N2O4S. The summed E-state index contributed by atoms with van der Waals surface area (Å²) in [5.41, 5.74) is 0.427. The van der Waals surface area contributed by atoms with Crippen LogP contribution < -0.4 is 0 Å². The molecule has 0 spiro atoms. The van der Waals surface area contributed by atoms with E-state index in [2.05, 4.69) is 0 Å². The van der Waals surface area contributed by atoms with Gasteiger partial charge in [0.2, 0.25) is 0 Å². The van der Waals surface area contributed by atoms with Crippen molar-refractivity contribution in [2.24, 2.45) is 0 Å². The summed E-state index contributed by atoms with van der Waals surface area (Å²) in [5.74, 6) is -0.0391. The Labute approximate surface area is 125 Å². The van der Waals surface area contributed by atoms with E-state index in [0.29, 0.717) is 31.8 Å². The Kier molecular flexibility index (Phi) is 7.32. The summed E-state index contributed by atoms with van der Waals surface area (Å²) >= 11 is 0. The zero-order chi connectivity index (χ0) is 15.7. The Balaban J connectivity index is 2.67. The maximum Gasteiger partial charge on any atom is 0.179 e. The minimum absolute atomic E-state index is 0.0272. The molecule has 0 fully saturated rings. The van der Waals surface area contributed by atoms with Gasteiger partial charge in [0.05, 0.1) is 35.5 Å². The van der Waals surface area contributed by atoms with Crippen molar-refractivity contribution < 1.29 is 18.3 Å². The van der Waals surface area contributed by atoms with Crippen LogP contribution in [0, 0.1) is 11.3 Å². The highest BCUT2D eigenvalue weighted by atomic mass is 32.2. The van der Waals surface area contributed by atoms with Crippen molar-refractivity contribution >= 4 is 9.84 Å². The van der Waals surface area contributed by atoms with Crippen LogP contribution in [0.5, 0.6) is 0 Å². The molecule has 0 aliphatic rings. The van der Waals surface area contributed by atoms with Crippen LogP contribution in [-0.2, 0) is 14.6 Å². The smallest absolute Gasteiger partial charge is 0.179 e. The standard InChI is InChI=1S/C14H20N2O4S/c1-20-10-7-16(6-9-17)8-11-21(18,19)14-4-2-13(12-15)3-5-14/h2-5,17H,6-11H2,1H3. The minimum Gasteiger partial charge on any atom is -0.395 e. The predicted octanol–water partition coefficient (Wildman–Crippen LogP) is 0.273. The molecule has 0 amide bonds. The molecule has 1 aromatic rings. The van der Waals surface area contributed by atoms with E-state index in [1.54, 1.807) is 7.11 Å². The molecule has 1 N–H and O–H groups in total. The van der Waals surface area contributed by atoms with Gasteiger partial charge in [-0.2, -0.15) is 5.26 Å². The number of ether oxygens (including phenoxy) is 1. The Hall–Kier alpha value is -1.46. The van der Waals surface area contributed by atoms with Crippen LogP contribution in [0.15, 0.2) is 29.2 Å². The van der Waals surface area contributed by atoms with Crippen LogP contribution in [-0.4, -0.2) is 64.1 Å². The molecule has 0 atom stereocenters. The van der Waals surface area contributed by atoms with Crippen molar-refractivity contribution in [3.8, 4) is 6.07 Å². The van der Waals surface area contributed by atoms with Crippen molar-refractivity contribution in [1.29, 1.82) is 5.26 Å². The van der Waals surface area contributed by atoms with Gasteiger partial charge < -0.3 is 9.84 Å². The van der Waals surface area contributed by atoms with E-state index in [1.807, 2.05) is 11.0 Å². The van der Waals surface area contributed by atoms with Crippen molar-refractivity contribution in [2.75, 3.05) is 45.7 Å². The topological polar surface area (TPSA) is 90.6 Å². The van der Waals surface area contributed by atoms with Crippen molar-refractivity contribution in [1.82, 2.24) is 4.90 Å². The van der Waals surface area contributed by atoms with Crippen LogP contribution in [0.25, 0.3) is 0 Å². The lowest BCUT2D eigenvalue weighted by Crippen LogP contribution is -2.34. The zero-order valence-corrected chi connectivity index (χ0v) is 12.8. The van der Waals surface area contributed by atoms with E-state index in [-0.39, 0.29) is 17.3 Å².